The molecule has 2 fully saturated rings. The Morgan fingerprint density at radius 3 is 2.58 bits per heavy atom. The highest BCUT2D eigenvalue weighted by atomic mass is 35.5. The molecule has 1 spiro atoms. The number of piperidine rings is 1. The van der Waals surface area contributed by atoms with Gasteiger partial charge in [-0.3, -0.25) is 9.69 Å². The minimum absolute atomic E-state index is 0.00235. The first-order valence-electron chi connectivity index (χ1n) is 10.8. The molecule has 2 saturated heterocycles. The summed E-state index contributed by atoms with van der Waals surface area (Å²) in [6.07, 6.45) is 4.21. The molecule has 3 aliphatic heterocycles. The van der Waals surface area contributed by atoms with Gasteiger partial charge in [-0.05, 0) is 18.2 Å². The Morgan fingerprint density at radius 2 is 1.90 bits per heavy atom. The molecule has 5 rings (SSSR count). The summed E-state index contributed by atoms with van der Waals surface area (Å²) in [6, 6.07) is 11.6. The van der Waals surface area contributed by atoms with E-state index in [0.717, 1.165) is 42.9 Å². The number of likely N-dealkylation sites (tertiary alicyclic amines) is 1. The van der Waals surface area contributed by atoms with Crippen LogP contribution in [-0.2, 0) is 21.3 Å². The monoisotopic (exact) mass is 442 g/mol. The fraction of sp³-hybridized carbons (Fsp3) is 0.478. The minimum atomic E-state index is -0.436. The molecule has 0 radical (unpaired) electrons. The Kier molecular flexibility index (Phi) is 5.60. The van der Waals surface area contributed by atoms with Gasteiger partial charge in [0.05, 0.1) is 25.5 Å². The third-order valence-electron chi connectivity index (χ3n) is 6.47. The van der Waals surface area contributed by atoms with Crippen molar-refractivity contribution in [1.82, 2.24) is 14.5 Å². The zero-order chi connectivity index (χ0) is 21.4. The lowest BCUT2D eigenvalue weighted by Gasteiger charge is -2.37. The quantitative estimate of drug-likeness (QED) is 0.729. The molecule has 3 aliphatic rings. The van der Waals surface area contributed by atoms with Crippen molar-refractivity contribution < 1.29 is 14.3 Å². The zero-order valence-corrected chi connectivity index (χ0v) is 18.4. The number of halogens is 1. The van der Waals surface area contributed by atoms with Crippen LogP contribution in [0.2, 0.25) is 5.02 Å². The van der Waals surface area contributed by atoms with Crippen LogP contribution in [0.25, 0.3) is 0 Å². The van der Waals surface area contributed by atoms with Crippen molar-refractivity contribution in [3.05, 3.63) is 58.9 Å². The smallest absolute Gasteiger partial charge is 0.257 e. The van der Waals surface area contributed by atoms with Gasteiger partial charge in [0.2, 0.25) is 0 Å². The van der Waals surface area contributed by atoms with E-state index in [9.17, 15) is 4.79 Å². The topological polar surface area (TPSA) is 59.3 Å². The van der Waals surface area contributed by atoms with Gasteiger partial charge in [0.25, 0.3) is 5.91 Å². The molecular weight excluding hydrogens is 416 g/mol. The first-order chi connectivity index (χ1) is 15.0. The molecule has 1 unspecified atom stereocenters. The Hall–Kier alpha value is -2.19. The van der Waals surface area contributed by atoms with Crippen LogP contribution in [0.4, 0.5) is 0 Å². The fourth-order valence-corrected chi connectivity index (χ4v) is 5.00. The highest BCUT2D eigenvalue weighted by molar-refractivity contribution is 6.34. The lowest BCUT2D eigenvalue weighted by Crippen LogP contribution is -2.48. The maximum absolute atomic E-state index is 13.4. The van der Waals surface area contributed by atoms with Crippen LogP contribution in [0.1, 0.15) is 36.6 Å². The van der Waals surface area contributed by atoms with Gasteiger partial charge in [-0.15, -0.1) is 0 Å². The number of rotatable bonds is 4. The van der Waals surface area contributed by atoms with E-state index < -0.39 is 5.79 Å². The number of benzene rings is 1. The van der Waals surface area contributed by atoms with E-state index in [1.165, 1.54) is 0 Å². The van der Waals surface area contributed by atoms with E-state index in [1.54, 1.807) is 5.01 Å². The summed E-state index contributed by atoms with van der Waals surface area (Å²) in [5.41, 5.74) is 2.79. The molecule has 0 bridgehead atoms. The van der Waals surface area contributed by atoms with E-state index >= 15 is 0 Å². The van der Waals surface area contributed by atoms with Crippen molar-refractivity contribution in [2.45, 2.75) is 31.1 Å². The van der Waals surface area contributed by atoms with Crippen molar-refractivity contribution in [2.75, 3.05) is 32.8 Å². The summed E-state index contributed by atoms with van der Waals surface area (Å²) in [6.45, 7) is 3.19. The van der Waals surface area contributed by atoms with Crippen LogP contribution >= 0.6 is 11.6 Å². The maximum atomic E-state index is 13.4. The third-order valence-corrected chi connectivity index (χ3v) is 6.80. The standard InChI is InChI=1S/C23H27ClN4O3/c1-26-10-4-7-20(26)21-15-19(17-5-2-3-6-18(17)24)25-28(21)22(29)16-27-11-8-23(9-12-27)30-13-14-31-23/h2-7,10,21H,8-9,11-16H2,1H3. The second kappa shape index (κ2) is 8.39. The number of hydrogen-bond donors (Lipinski definition) is 0. The van der Waals surface area contributed by atoms with Crippen molar-refractivity contribution in [3.63, 3.8) is 0 Å². The van der Waals surface area contributed by atoms with Crippen LogP contribution in [0.15, 0.2) is 47.7 Å². The highest BCUT2D eigenvalue weighted by Crippen LogP contribution is 2.35. The molecule has 1 aromatic heterocycles. The second-order valence-corrected chi connectivity index (χ2v) is 8.82. The third kappa shape index (κ3) is 4.03. The summed E-state index contributed by atoms with van der Waals surface area (Å²) in [4.78, 5) is 15.5. The predicted octanol–water partition coefficient (Wildman–Crippen LogP) is 3.20. The van der Waals surface area contributed by atoms with Gasteiger partial charge in [0.15, 0.2) is 5.79 Å². The zero-order valence-electron chi connectivity index (χ0n) is 17.7. The van der Waals surface area contributed by atoms with Gasteiger partial charge in [0.1, 0.15) is 6.04 Å². The molecular formula is C23H27ClN4O3. The largest absolute Gasteiger partial charge is 0.353 e. The number of amides is 1. The first-order valence-corrected chi connectivity index (χ1v) is 11.2. The van der Waals surface area contributed by atoms with Gasteiger partial charge in [-0.2, -0.15) is 5.10 Å². The number of hydrogen-bond acceptors (Lipinski definition) is 5. The number of nitrogens with zero attached hydrogens (tertiary/aromatic N) is 4. The van der Waals surface area contributed by atoms with Crippen molar-refractivity contribution in [1.29, 1.82) is 0 Å². The average molecular weight is 443 g/mol. The molecule has 4 heterocycles. The number of carbonyl (C=O) groups excluding carboxylic acids is 1. The molecule has 1 aromatic carbocycles. The fourth-order valence-electron chi connectivity index (χ4n) is 4.75. The molecule has 7 nitrogen and oxygen atoms in total. The summed E-state index contributed by atoms with van der Waals surface area (Å²) < 4.78 is 13.7. The Labute approximate surface area is 187 Å². The summed E-state index contributed by atoms with van der Waals surface area (Å²) in [7, 11) is 2.00. The van der Waals surface area contributed by atoms with Crippen LogP contribution in [0, 0.1) is 0 Å². The lowest BCUT2D eigenvalue weighted by molar-refractivity contribution is -0.186. The van der Waals surface area contributed by atoms with Crippen LogP contribution < -0.4 is 0 Å². The van der Waals surface area contributed by atoms with E-state index in [4.69, 9.17) is 26.2 Å². The molecule has 8 heteroatoms. The van der Waals surface area contributed by atoms with Gasteiger partial charge in [-0.1, -0.05) is 29.8 Å². The predicted molar refractivity (Wildman–Crippen MR) is 118 cm³/mol. The Bertz CT molecular complexity index is 988. The van der Waals surface area contributed by atoms with Crippen LogP contribution in [0.5, 0.6) is 0 Å². The van der Waals surface area contributed by atoms with E-state index in [0.29, 0.717) is 31.2 Å². The molecule has 31 heavy (non-hydrogen) atoms. The molecule has 0 N–H and O–H groups in total. The number of carbonyl (C=O) groups is 1. The normalized spacial score (nSPS) is 23.5. The van der Waals surface area contributed by atoms with Crippen molar-refractivity contribution in [3.8, 4) is 0 Å². The van der Waals surface area contributed by atoms with Crippen molar-refractivity contribution >= 4 is 23.2 Å². The molecule has 164 valence electrons. The van der Waals surface area contributed by atoms with Crippen molar-refractivity contribution in [2.24, 2.45) is 12.1 Å². The van der Waals surface area contributed by atoms with Crippen LogP contribution in [0.3, 0.4) is 0 Å². The summed E-state index contributed by atoms with van der Waals surface area (Å²) >= 11 is 6.43. The molecule has 1 amide bonds. The summed E-state index contributed by atoms with van der Waals surface area (Å²) in [5.74, 6) is -0.439. The summed E-state index contributed by atoms with van der Waals surface area (Å²) in [5, 5.41) is 7.07. The van der Waals surface area contributed by atoms with E-state index in [1.807, 2.05) is 43.6 Å². The first kappa shape index (κ1) is 20.7. The Morgan fingerprint density at radius 1 is 1.16 bits per heavy atom. The van der Waals surface area contributed by atoms with Crippen LogP contribution in [-0.4, -0.2) is 64.7 Å². The molecule has 1 atom stereocenters. The minimum Gasteiger partial charge on any atom is -0.353 e. The number of ether oxygens (including phenoxy) is 2. The van der Waals surface area contributed by atoms with E-state index in [2.05, 4.69) is 15.5 Å². The SMILES string of the molecule is Cn1cccc1C1CC(c2ccccc2Cl)=NN1C(=O)CN1CCC2(CC1)OCCO2. The van der Waals surface area contributed by atoms with Gasteiger partial charge in [-0.25, -0.2) is 5.01 Å². The molecule has 2 aromatic rings. The lowest BCUT2D eigenvalue weighted by atomic mass is 10.0. The van der Waals surface area contributed by atoms with Gasteiger partial charge < -0.3 is 14.0 Å². The molecule has 0 aliphatic carbocycles. The number of aryl methyl sites for hydroxylation is 1. The second-order valence-electron chi connectivity index (χ2n) is 8.41. The molecule has 0 saturated carbocycles. The Balaban J connectivity index is 1.34. The highest BCUT2D eigenvalue weighted by Gasteiger charge is 2.41. The number of aromatic nitrogens is 1. The van der Waals surface area contributed by atoms with Gasteiger partial charge >= 0.3 is 0 Å². The van der Waals surface area contributed by atoms with E-state index in [-0.39, 0.29) is 11.9 Å². The average Bonchev–Trinajstić information content (AvgIpc) is 3.50. The maximum Gasteiger partial charge on any atom is 0.257 e. The number of hydrazone groups is 1. The van der Waals surface area contributed by atoms with Gasteiger partial charge in [0, 0.05) is 61.9 Å².